The zero-order valence-electron chi connectivity index (χ0n) is 16.1. The quantitative estimate of drug-likeness (QED) is 0.339. The Labute approximate surface area is 186 Å². The molecule has 0 amide bonds. The Bertz CT molecular complexity index is 1750. The first-order valence-corrected chi connectivity index (χ1v) is 8.86. The first-order chi connectivity index (χ1) is 15.8. The van der Waals surface area contributed by atoms with E-state index in [9.17, 15) is 14.4 Å². The Balaban J connectivity index is 1.91. The lowest BCUT2D eigenvalue weighted by Crippen LogP contribution is -2.04. The third kappa shape index (κ3) is 4.20. The summed E-state index contributed by atoms with van der Waals surface area (Å²) >= 11 is 0. The van der Waals surface area contributed by atoms with Crippen LogP contribution < -0.4 is 0 Å². The average Bonchev–Trinajstić information content (AvgIpc) is 2.84. The van der Waals surface area contributed by atoms with E-state index in [0.29, 0.717) is 11.1 Å². The van der Waals surface area contributed by atoms with Crippen molar-refractivity contribution in [2.24, 2.45) is 0 Å². The molecular formula is C27H4O6+. The molecule has 0 saturated heterocycles. The number of aliphatic carboxylic acids is 3. The monoisotopic (exact) mass is 424 g/mol. The van der Waals surface area contributed by atoms with E-state index in [4.69, 9.17) is 15.3 Å². The minimum absolute atomic E-state index is 0.244. The molecule has 6 nitrogen and oxygen atoms in total. The third-order valence-electron chi connectivity index (χ3n) is 4.11. The van der Waals surface area contributed by atoms with Crippen LogP contribution in [-0.2, 0) is 14.4 Å². The first-order valence-electron chi connectivity index (χ1n) is 8.86. The SMILES string of the molecule is O=C(O)C1=C=C=C(C2=C=C(C3=C=C=C(C(=O)O)C#C3)C=C(C3=C=C=C(C(=O)O)C#C3)[C+]2)C#C1. The van der Waals surface area contributed by atoms with E-state index in [1.54, 1.807) is 6.08 Å². The molecule has 0 aromatic heterocycles. The second kappa shape index (κ2) is 8.10. The van der Waals surface area contributed by atoms with E-state index in [0.717, 1.165) is 0 Å². The second-order valence-corrected chi connectivity index (χ2v) is 6.26. The van der Waals surface area contributed by atoms with E-state index < -0.39 is 17.9 Å². The van der Waals surface area contributed by atoms with Gasteiger partial charge in [-0.3, -0.25) is 0 Å². The van der Waals surface area contributed by atoms with Gasteiger partial charge in [0.15, 0.2) is 27.9 Å². The molecule has 4 aliphatic rings. The summed E-state index contributed by atoms with van der Waals surface area (Å²) in [6, 6.07) is 0. The number of carboxylic acids is 3. The largest absolute Gasteiger partial charge is 0.477 e. The number of carboxylic acid groups (broad SMARTS) is 3. The number of rotatable bonds is 6. The van der Waals surface area contributed by atoms with Crippen LogP contribution >= 0.6 is 0 Å². The lowest BCUT2D eigenvalue weighted by atomic mass is 9.87. The highest BCUT2D eigenvalue weighted by Gasteiger charge is 2.27. The van der Waals surface area contributed by atoms with Crippen LogP contribution in [0.5, 0.6) is 0 Å². The highest BCUT2D eigenvalue weighted by Crippen LogP contribution is 2.30. The topological polar surface area (TPSA) is 112 Å². The van der Waals surface area contributed by atoms with E-state index in [-0.39, 0.29) is 39.0 Å². The molecule has 0 aromatic carbocycles. The summed E-state index contributed by atoms with van der Waals surface area (Å²) in [4.78, 5) is 33.1. The molecular weight excluding hydrogens is 420 g/mol. The van der Waals surface area contributed by atoms with Crippen LogP contribution in [0.2, 0.25) is 0 Å². The van der Waals surface area contributed by atoms with Crippen molar-refractivity contribution in [3.8, 4) is 35.5 Å². The summed E-state index contributed by atoms with van der Waals surface area (Å²) in [5.41, 5.74) is 19.5. The predicted molar refractivity (Wildman–Crippen MR) is 110 cm³/mol. The minimum atomic E-state index is -1.24. The van der Waals surface area contributed by atoms with Crippen LogP contribution in [0.15, 0.2) is 96.4 Å². The Morgan fingerprint density at radius 2 is 1.06 bits per heavy atom. The summed E-state index contributed by atoms with van der Waals surface area (Å²) in [6.07, 6.45) is 4.60. The third-order valence-corrected chi connectivity index (χ3v) is 4.11. The Morgan fingerprint density at radius 3 is 1.48 bits per heavy atom. The molecule has 147 valence electrons. The van der Waals surface area contributed by atoms with Gasteiger partial charge in [-0.2, -0.15) is 0 Å². The van der Waals surface area contributed by atoms with Gasteiger partial charge in [0.2, 0.25) is 0 Å². The maximum Gasteiger partial charge on any atom is 0.353 e. The molecule has 3 N–H and O–H groups in total. The molecule has 4 aliphatic carbocycles. The molecule has 0 saturated carbocycles. The Morgan fingerprint density at radius 1 is 0.606 bits per heavy atom. The van der Waals surface area contributed by atoms with Crippen LogP contribution in [0.4, 0.5) is 0 Å². The Hall–Kier alpha value is -5.88. The summed E-state index contributed by atoms with van der Waals surface area (Å²) < 4.78 is 0. The average molecular weight is 424 g/mol. The van der Waals surface area contributed by atoms with E-state index in [2.05, 4.69) is 82.1 Å². The standard InChI is InChI=1S/C27H4O6/c28-25(29)19-7-1-16(2-8-19)22-13-23(17-3-9-20(10-4-17)26(30)31)15-24(14-22)18-5-11-21(12-6-18)27(32)33/h13H,(H,28,29)(H,30,31)(H,32,33)/q+1. The fraction of sp³-hybridized carbons (Fsp3) is 0. The molecule has 0 aromatic rings. The number of carbonyl (C=O) groups is 3. The van der Waals surface area contributed by atoms with Gasteiger partial charge in [0, 0.05) is 11.8 Å². The van der Waals surface area contributed by atoms with Gasteiger partial charge in [-0.25, -0.2) is 14.4 Å². The molecule has 0 heterocycles. The van der Waals surface area contributed by atoms with Crippen molar-refractivity contribution in [3.05, 3.63) is 103 Å². The first kappa shape index (κ1) is 20.4. The molecule has 0 bridgehead atoms. The molecule has 6 heteroatoms. The van der Waals surface area contributed by atoms with Gasteiger partial charge in [0.1, 0.15) is 28.7 Å². The van der Waals surface area contributed by atoms with Gasteiger partial charge in [-0.15, -0.1) is 0 Å². The van der Waals surface area contributed by atoms with E-state index in [1.807, 2.05) is 0 Å². The molecule has 33 heavy (non-hydrogen) atoms. The van der Waals surface area contributed by atoms with Gasteiger partial charge < -0.3 is 15.3 Å². The normalized spacial score (nSPS) is 15.9. The van der Waals surface area contributed by atoms with Crippen molar-refractivity contribution >= 4 is 17.9 Å². The maximum absolute atomic E-state index is 11.0. The zero-order valence-corrected chi connectivity index (χ0v) is 16.1. The number of hydrogen-bond donors (Lipinski definition) is 3. The molecule has 1 radical (unpaired) electrons. The van der Waals surface area contributed by atoms with Crippen molar-refractivity contribution in [3.63, 3.8) is 0 Å². The second-order valence-electron chi connectivity index (χ2n) is 6.26. The summed E-state index contributed by atoms with van der Waals surface area (Å²) in [7, 11) is 0. The van der Waals surface area contributed by atoms with E-state index >= 15 is 0 Å². The van der Waals surface area contributed by atoms with Crippen LogP contribution in [0.3, 0.4) is 0 Å². The van der Waals surface area contributed by atoms with Crippen molar-refractivity contribution in [1.29, 1.82) is 0 Å². The number of hydrogen-bond acceptors (Lipinski definition) is 3. The van der Waals surface area contributed by atoms with Crippen molar-refractivity contribution in [2.45, 2.75) is 0 Å². The van der Waals surface area contributed by atoms with Crippen LogP contribution in [-0.4, -0.2) is 33.2 Å². The fourth-order valence-corrected chi connectivity index (χ4v) is 2.56. The zero-order chi connectivity index (χ0) is 23.5. The van der Waals surface area contributed by atoms with Gasteiger partial charge in [-0.1, -0.05) is 0 Å². The number of allylic oxidation sites excluding steroid dienone is 6. The fourth-order valence-electron chi connectivity index (χ4n) is 2.56. The summed E-state index contributed by atoms with van der Waals surface area (Å²) in [5, 5.41) is 27.1. The van der Waals surface area contributed by atoms with Gasteiger partial charge in [-0.05, 0) is 69.9 Å². The van der Waals surface area contributed by atoms with Gasteiger partial charge in [0.25, 0.3) is 0 Å². The summed E-state index contributed by atoms with van der Waals surface area (Å²) in [5.74, 6) is 11.7. The van der Waals surface area contributed by atoms with Crippen LogP contribution in [0.1, 0.15) is 0 Å². The predicted octanol–water partition coefficient (Wildman–Crippen LogP) is 1.58. The lowest BCUT2D eigenvalue weighted by molar-refractivity contribution is -0.133. The molecule has 0 unspecified atom stereocenters. The molecule has 4 rings (SSSR count). The van der Waals surface area contributed by atoms with Crippen molar-refractivity contribution < 1.29 is 29.7 Å². The lowest BCUT2D eigenvalue weighted by Gasteiger charge is -2.05. The van der Waals surface area contributed by atoms with Crippen molar-refractivity contribution in [1.82, 2.24) is 0 Å². The van der Waals surface area contributed by atoms with Gasteiger partial charge in [0.05, 0.1) is 0 Å². The summed E-state index contributed by atoms with van der Waals surface area (Å²) in [6.45, 7) is 0. The van der Waals surface area contributed by atoms with Crippen LogP contribution in [0, 0.1) is 41.9 Å². The molecule has 0 fully saturated rings. The Kier molecular flexibility index (Phi) is 5.00. The minimum Gasteiger partial charge on any atom is -0.477 e. The molecule has 0 atom stereocenters. The van der Waals surface area contributed by atoms with Crippen molar-refractivity contribution in [2.75, 3.05) is 0 Å². The van der Waals surface area contributed by atoms with Gasteiger partial charge >= 0.3 is 17.9 Å². The highest BCUT2D eigenvalue weighted by molar-refractivity contribution is 5.93. The highest BCUT2D eigenvalue weighted by atomic mass is 16.4. The van der Waals surface area contributed by atoms with E-state index in [1.165, 1.54) is 0 Å². The maximum atomic E-state index is 11.0. The van der Waals surface area contributed by atoms with Crippen LogP contribution in [0.25, 0.3) is 0 Å². The molecule has 0 spiro atoms. The molecule has 0 aliphatic heterocycles. The smallest absolute Gasteiger partial charge is 0.353 e.